The summed E-state index contributed by atoms with van der Waals surface area (Å²) < 4.78 is 39.2. The molecule has 0 saturated heterocycles. The molecule has 0 aromatic heterocycles. The van der Waals surface area contributed by atoms with Crippen molar-refractivity contribution in [2.24, 2.45) is 0 Å². The lowest BCUT2D eigenvalue weighted by Gasteiger charge is -2.10. The molecule has 1 N–H and O–H groups in total. The minimum atomic E-state index is -4.28. The number of esters is 1. The maximum atomic E-state index is 12.4. The lowest BCUT2D eigenvalue weighted by molar-refractivity contribution is 0.0732. The molecule has 23 heavy (non-hydrogen) atoms. The van der Waals surface area contributed by atoms with Crippen LogP contribution in [0.25, 0.3) is 0 Å². The van der Waals surface area contributed by atoms with Crippen LogP contribution in [0.5, 0.6) is 5.75 Å². The second-order valence-electron chi connectivity index (χ2n) is 4.54. The van der Waals surface area contributed by atoms with Gasteiger partial charge in [0.1, 0.15) is 5.75 Å². The van der Waals surface area contributed by atoms with Gasteiger partial charge in [0.15, 0.2) is 0 Å². The van der Waals surface area contributed by atoms with Gasteiger partial charge in [-0.3, -0.25) is 4.55 Å². The van der Waals surface area contributed by atoms with Crippen molar-refractivity contribution in [2.45, 2.75) is 11.8 Å². The van der Waals surface area contributed by atoms with Crippen molar-refractivity contribution in [1.82, 2.24) is 0 Å². The van der Waals surface area contributed by atoms with Crippen molar-refractivity contribution >= 4 is 83.9 Å². The fourth-order valence-electron chi connectivity index (χ4n) is 1.76. The normalized spacial score (nSPS) is 11.3. The van der Waals surface area contributed by atoms with Gasteiger partial charge in [0.2, 0.25) is 0 Å². The van der Waals surface area contributed by atoms with E-state index in [9.17, 15) is 13.2 Å². The first-order valence-electron chi connectivity index (χ1n) is 6.04. The number of benzene rings is 2. The molecule has 0 spiro atoms. The minimum absolute atomic E-state index is 0.242. The maximum absolute atomic E-state index is 12.4. The van der Waals surface area contributed by atoms with E-state index in [2.05, 4.69) is 67.8 Å². The zero-order valence-electron chi connectivity index (χ0n) is 11.5. The van der Waals surface area contributed by atoms with Crippen molar-refractivity contribution in [2.75, 3.05) is 0 Å². The van der Waals surface area contributed by atoms with E-state index in [1.807, 2.05) is 6.07 Å². The molecule has 0 amide bonds. The van der Waals surface area contributed by atoms with Crippen LogP contribution < -0.4 is 4.74 Å². The molecule has 0 aliphatic carbocycles. The lowest BCUT2D eigenvalue weighted by atomic mass is 10.2. The molecule has 2 aromatic rings. The van der Waals surface area contributed by atoms with Crippen LogP contribution in [0.4, 0.5) is 0 Å². The Hall–Kier alpha value is 0.0100. The Bertz CT molecular complexity index is 894. The van der Waals surface area contributed by atoms with Crippen LogP contribution >= 0.6 is 67.8 Å². The molecule has 0 aliphatic heterocycles. The van der Waals surface area contributed by atoms with Crippen molar-refractivity contribution in [3.05, 3.63) is 52.2 Å². The van der Waals surface area contributed by atoms with E-state index in [-0.39, 0.29) is 10.6 Å². The highest BCUT2D eigenvalue weighted by molar-refractivity contribution is 14.1. The Morgan fingerprint density at radius 1 is 1.13 bits per heavy atom. The molecule has 122 valence electrons. The number of carbonyl (C=O) groups excluding carboxylic acids is 1. The monoisotopic (exact) mass is 670 g/mol. The third-order valence-corrected chi connectivity index (χ3v) is 7.38. The number of ether oxygens (including phenoxy) is 1. The number of hydrogen-bond donors (Lipinski definition) is 1. The zero-order chi connectivity index (χ0) is 17.4. The molecule has 0 fully saturated rings. The number of carbonyl (C=O) groups is 1. The van der Waals surface area contributed by atoms with Crippen LogP contribution in [0, 0.1) is 17.6 Å². The average molecular weight is 670 g/mol. The van der Waals surface area contributed by atoms with Crippen LogP contribution in [-0.4, -0.2) is 18.9 Å². The number of rotatable bonds is 3. The van der Waals surface area contributed by atoms with E-state index >= 15 is 0 Å². The molecular formula is C14H9I3O5S. The third kappa shape index (κ3) is 4.76. The molecule has 2 aromatic carbocycles. The average Bonchev–Trinajstić information content (AvgIpc) is 2.43. The van der Waals surface area contributed by atoms with Gasteiger partial charge in [0.25, 0.3) is 10.1 Å². The standard InChI is InChI=1S/C14H9I3O5S/c1-7-4-9(23(19,20)21)2-3-12(7)22-14(18)10-5-8(15)6-11(16)13(10)17/h2-6H,1H3,(H,19,20,21). The predicted octanol–water partition coefficient (Wildman–Crippen LogP) is 4.27. The minimum Gasteiger partial charge on any atom is -0.423 e. The smallest absolute Gasteiger partial charge is 0.344 e. The van der Waals surface area contributed by atoms with Gasteiger partial charge in [0, 0.05) is 10.7 Å². The number of halogens is 3. The number of hydrogen-bond acceptors (Lipinski definition) is 4. The van der Waals surface area contributed by atoms with Crippen LogP contribution in [0.1, 0.15) is 15.9 Å². The highest BCUT2D eigenvalue weighted by Crippen LogP contribution is 2.26. The summed E-state index contributed by atoms with van der Waals surface area (Å²) in [5.41, 5.74) is 0.879. The van der Waals surface area contributed by atoms with Gasteiger partial charge >= 0.3 is 5.97 Å². The molecule has 0 aliphatic rings. The van der Waals surface area contributed by atoms with E-state index in [0.29, 0.717) is 11.1 Å². The van der Waals surface area contributed by atoms with E-state index in [1.165, 1.54) is 18.2 Å². The Morgan fingerprint density at radius 2 is 1.78 bits per heavy atom. The molecular weight excluding hydrogens is 661 g/mol. The molecule has 0 bridgehead atoms. The molecule has 2 rings (SSSR count). The van der Waals surface area contributed by atoms with Crippen molar-refractivity contribution in [3.63, 3.8) is 0 Å². The quantitative estimate of drug-likeness (QED) is 0.174. The Kier molecular flexibility index (Phi) is 6.30. The van der Waals surface area contributed by atoms with Crippen LogP contribution in [0.15, 0.2) is 35.2 Å². The SMILES string of the molecule is Cc1cc(S(=O)(=O)O)ccc1OC(=O)c1cc(I)cc(I)c1I. The fraction of sp³-hybridized carbons (Fsp3) is 0.0714. The van der Waals surface area contributed by atoms with E-state index in [1.54, 1.807) is 13.0 Å². The molecule has 0 heterocycles. The predicted molar refractivity (Wildman–Crippen MR) is 111 cm³/mol. The zero-order valence-corrected chi connectivity index (χ0v) is 18.8. The van der Waals surface area contributed by atoms with E-state index in [4.69, 9.17) is 9.29 Å². The topological polar surface area (TPSA) is 80.7 Å². The largest absolute Gasteiger partial charge is 0.423 e. The second kappa shape index (κ2) is 7.49. The Morgan fingerprint density at radius 3 is 2.35 bits per heavy atom. The summed E-state index contributed by atoms with van der Waals surface area (Å²) in [5.74, 6) is -0.277. The van der Waals surface area contributed by atoms with Crippen LogP contribution in [0.3, 0.4) is 0 Å². The van der Waals surface area contributed by atoms with Crippen molar-refractivity contribution < 1.29 is 22.5 Å². The first kappa shape index (κ1) is 19.3. The Balaban J connectivity index is 2.35. The highest BCUT2D eigenvalue weighted by atomic mass is 127. The summed E-state index contributed by atoms with van der Waals surface area (Å²) in [7, 11) is -4.28. The maximum Gasteiger partial charge on any atom is 0.344 e. The van der Waals surface area contributed by atoms with Crippen molar-refractivity contribution in [1.29, 1.82) is 0 Å². The van der Waals surface area contributed by atoms with Gasteiger partial charge < -0.3 is 4.74 Å². The van der Waals surface area contributed by atoms with Gasteiger partial charge in [-0.25, -0.2) is 4.79 Å². The first-order valence-corrected chi connectivity index (χ1v) is 10.7. The lowest BCUT2D eigenvalue weighted by Crippen LogP contribution is -2.12. The summed E-state index contributed by atoms with van der Waals surface area (Å²) in [4.78, 5) is 12.1. The first-order chi connectivity index (χ1) is 10.6. The summed E-state index contributed by atoms with van der Waals surface area (Å²) >= 11 is 6.35. The van der Waals surface area contributed by atoms with Gasteiger partial charge in [-0.1, -0.05) is 0 Å². The van der Waals surface area contributed by atoms with Gasteiger partial charge in [-0.2, -0.15) is 8.42 Å². The van der Waals surface area contributed by atoms with Crippen LogP contribution in [-0.2, 0) is 10.1 Å². The molecule has 9 heteroatoms. The fourth-order valence-corrected chi connectivity index (χ4v) is 4.70. The van der Waals surface area contributed by atoms with Gasteiger partial charge in [-0.05, 0) is 111 Å². The molecule has 0 atom stereocenters. The summed E-state index contributed by atoms with van der Waals surface area (Å²) in [6.45, 7) is 1.60. The summed E-state index contributed by atoms with van der Waals surface area (Å²) in [5, 5.41) is 0. The van der Waals surface area contributed by atoms with E-state index in [0.717, 1.165) is 10.7 Å². The summed E-state index contributed by atoms with van der Waals surface area (Å²) in [6, 6.07) is 7.47. The third-order valence-electron chi connectivity index (χ3n) is 2.86. The number of aryl methyl sites for hydroxylation is 1. The molecule has 5 nitrogen and oxygen atoms in total. The second-order valence-corrected chi connectivity index (χ2v) is 9.45. The van der Waals surface area contributed by atoms with E-state index < -0.39 is 16.1 Å². The molecule has 0 saturated carbocycles. The highest BCUT2D eigenvalue weighted by Gasteiger charge is 2.18. The molecule has 0 unspecified atom stereocenters. The van der Waals surface area contributed by atoms with Crippen molar-refractivity contribution in [3.8, 4) is 5.75 Å². The van der Waals surface area contributed by atoms with Gasteiger partial charge in [0.05, 0.1) is 10.5 Å². The van der Waals surface area contributed by atoms with Gasteiger partial charge in [-0.15, -0.1) is 0 Å². The molecule has 0 radical (unpaired) electrons. The van der Waals surface area contributed by atoms with Crippen LogP contribution in [0.2, 0.25) is 0 Å². The Labute approximate surface area is 174 Å². The summed E-state index contributed by atoms with van der Waals surface area (Å²) in [6.07, 6.45) is 0.